The molecule has 2 rings (SSSR count). The fourth-order valence-electron chi connectivity index (χ4n) is 2.34. The maximum absolute atomic E-state index is 5.32. The lowest BCUT2D eigenvalue weighted by Gasteiger charge is -2.11. The molecular weight excluding hydrogens is 268 g/mol. The van der Waals surface area contributed by atoms with E-state index in [1.165, 1.54) is 0 Å². The van der Waals surface area contributed by atoms with Gasteiger partial charge in [-0.05, 0) is 26.7 Å². The molecule has 118 valence electrons. The van der Waals surface area contributed by atoms with Gasteiger partial charge in [-0.15, -0.1) is 10.2 Å². The first-order chi connectivity index (χ1) is 10.3. The summed E-state index contributed by atoms with van der Waals surface area (Å²) in [4.78, 5) is 4.58. The van der Waals surface area contributed by atoms with Crippen molar-refractivity contribution in [3.8, 4) is 0 Å². The molecule has 1 aromatic heterocycles. The Morgan fingerprint density at radius 1 is 1.33 bits per heavy atom. The fraction of sp³-hybridized carbons (Fsp3) is 0.786. The van der Waals surface area contributed by atoms with Gasteiger partial charge in [-0.3, -0.25) is 0 Å². The maximum Gasteiger partial charge on any atom is 0.191 e. The first-order valence-corrected chi connectivity index (χ1v) is 7.86. The number of hydrogen-bond donors (Lipinski definition) is 2. The number of guanidine groups is 1. The van der Waals surface area contributed by atoms with Gasteiger partial charge in [0, 0.05) is 39.3 Å². The van der Waals surface area contributed by atoms with E-state index < -0.39 is 0 Å². The Kier molecular flexibility index (Phi) is 6.46. The van der Waals surface area contributed by atoms with Gasteiger partial charge in [0.1, 0.15) is 12.4 Å². The summed E-state index contributed by atoms with van der Waals surface area (Å²) >= 11 is 0. The molecule has 2 heterocycles. The second-order valence-electron chi connectivity index (χ2n) is 4.96. The number of fused-ring (bicyclic) bond motifs is 1. The molecule has 0 fully saturated rings. The minimum atomic E-state index is 0.563. The first kappa shape index (κ1) is 15.8. The maximum atomic E-state index is 5.32. The summed E-state index contributed by atoms with van der Waals surface area (Å²) in [7, 11) is 0. The lowest BCUT2D eigenvalue weighted by Crippen LogP contribution is -2.38. The molecule has 0 bridgehead atoms. The van der Waals surface area contributed by atoms with Crippen molar-refractivity contribution in [1.82, 2.24) is 25.4 Å². The van der Waals surface area contributed by atoms with Crippen LogP contribution in [0.1, 0.15) is 38.3 Å². The molecule has 0 aromatic carbocycles. The predicted octanol–water partition coefficient (Wildman–Crippen LogP) is 0.706. The molecule has 1 aliphatic rings. The van der Waals surface area contributed by atoms with E-state index in [2.05, 4.69) is 37.3 Å². The summed E-state index contributed by atoms with van der Waals surface area (Å²) in [6.07, 6.45) is 3.17. The second-order valence-corrected chi connectivity index (χ2v) is 4.96. The number of ether oxygens (including phenoxy) is 1. The normalized spacial score (nSPS) is 14.3. The van der Waals surface area contributed by atoms with E-state index in [0.717, 1.165) is 69.7 Å². The van der Waals surface area contributed by atoms with Crippen molar-refractivity contribution in [2.24, 2.45) is 4.99 Å². The van der Waals surface area contributed by atoms with E-state index in [9.17, 15) is 0 Å². The van der Waals surface area contributed by atoms with Gasteiger partial charge in [0.25, 0.3) is 0 Å². The van der Waals surface area contributed by atoms with E-state index in [1.807, 2.05) is 6.92 Å². The molecule has 0 saturated carbocycles. The van der Waals surface area contributed by atoms with Gasteiger partial charge in [0.05, 0.1) is 0 Å². The van der Waals surface area contributed by atoms with Gasteiger partial charge >= 0.3 is 0 Å². The number of rotatable bonds is 8. The molecule has 0 unspecified atom stereocenters. The molecule has 0 saturated heterocycles. The highest BCUT2D eigenvalue weighted by Crippen LogP contribution is 2.14. The molecule has 0 radical (unpaired) electrons. The predicted molar refractivity (Wildman–Crippen MR) is 82.3 cm³/mol. The number of aromatic nitrogens is 3. The molecule has 7 nitrogen and oxygen atoms in total. The van der Waals surface area contributed by atoms with Crippen LogP contribution in [0.4, 0.5) is 0 Å². The van der Waals surface area contributed by atoms with E-state index >= 15 is 0 Å². The summed E-state index contributed by atoms with van der Waals surface area (Å²) in [6, 6.07) is 0. The van der Waals surface area contributed by atoms with Gasteiger partial charge in [-0.2, -0.15) is 0 Å². The minimum absolute atomic E-state index is 0.563. The summed E-state index contributed by atoms with van der Waals surface area (Å²) in [6.45, 7) is 8.90. The lowest BCUT2D eigenvalue weighted by atomic mass is 10.4. The lowest BCUT2D eigenvalue weighted by molar-refractivity contribution is 0.145. The van der Waals surface area contributed by atoms with E-state index in [0.29, 0.717) is 6.54 Å². The Morgan fingerprint density at radius 2 is 2.24 bits per heavy atom. The number of nitrogens with one attached hydrogen (secondary N) is 2. The van der Waals surface area contributed by atoms with E-state index in [4.69, 9.17) is 4.74 Å². The van der Waals surface area contributed by atoms with Gasteiger partial charge in [0.2, 0.25) is 0 Å². The molecule has 1 aromatic rings. The third-order valence-electron chi connectivity index (χ3n) is 3.37. The van der Waals surface area contributed by atoms with E-state index in [-0.39, 0.29) is 0 Å². The zero-order valence-corrected chi connectivity index (χ0v) is 13.1. The Morgan fingerprint density at radius 3 is 3.05 bits per heavy atom. The van der Waals surface area contributed by atoms with Crippen molar-refractivity contribution < 1.29 is 4.74 Å². The van der Waals surface area contributed by atoms with Crippen LogP contribution >= 0.6 is 0 Å². The summed E-state index contributed by atoms with van der Waals surface area (Å²) < 4.78 is 7.51. The number of aryl methyl sites for hydroxylation is 1. The third-order valence-corrected chi connectivity index (χ3v) is 3.37. The summed E-state index contributed by atoms with van der Waals surface area (Å²) in [5, 5.41) is 15.0. The Labute approximate surface area is 126 Å². The highest BCUT2D eigenvalue weighted by Gasteiger charge is 2.16. The smallest absolute Gasteiger partial charge is 0.191 e. The van der Waals surface area contributed by atoms with Crippen LogP contribution in [-0.4, -0.2) is 47.0 Å². The first-order valence-electron chi connectivity index (χ1n) is 7.86. The number of hydrogen-bond acceptors (Lipinski definition) is 4. The van der Waals surface area contributed by atoms with Crippen molar-refractivity contribution in [3.63, 3.8) is 0 Å². The average molecular weight is 294 g/mol. The SMILES string of the molecule is CCNC(=NCc1nnc2n1CCC2)NCCCOCC. The number of nitrogens with zero attached hydrogens (tertiary/aromatic N) is 4. The van der Waals surface area contributed by atoms with Crippen molar-refractivity contribution in [3.05, 3.63) is 11.6 Å². The average Bonchev–Trinajstić information content (AvgIpc) is 3.08. The standard InChI is InChI=1S/C14H26N6O/c1-3-15-14(16-8-6-10-21-4-2)17-11-13-19-18-12-7-5-9-20(12)13/h3-11H2,1-2H3,(H2,15,16,17). The molecular formula is C14H26N6O. The zero-order valence-electron chi connectivity index (χ0n) is 13.1. The van der Waals surface area contributed by atoms with Crippen LogP contribution in [0, 0.1) is 0 Å². The van der Waals surface area contributed by atoms with Crippen molar-refractivity contribution in [1.29, 1.82) is 0 Å². The van der Waals surface area contributed by atoms with Crippen LogP contribution in [-0.2, 0) is 24.2 Å². The molecule has 0 amide bonds. The molecule has 0 aliphatic carbocycles. The highest BCUT2D eigenvalue weighted by atomic mass is 16.5. The topological polar surface area (TPSA) is 76.4 Å². The van der Waals surface area contributed by atoms with Gasteiger partial charge in [-0.25, -0.2) is 4.99 Å². The van der Waals surface area contributed by atoms with Crippen LogP contribution in [0.3, 0.4) is 0 Å². The van der Waals surface area contributed by atoms with Crippen LogP contribution in [0.5, 0.6) is 0 Å². The largest absolute Gasteiger partial charge is 0.382 e. The minimum Gasteiger partial charge on any atom is -0.382 e. The summed E-state index contributed by atoms with van der Waals surface area (Å²) in [5.41, 5.74) is 0. The van der Waals surface area contributed by atoms with E-state index in [1.54, 1.807) is 0 Å². The Bertz CT molecular complexity index is 456. The van der Waals surface area contributed by atoms with Crippen molar-refractivity contribution >= 4 is 5.96 Å². The molecule has 0 spiro atoms. The van der Waals surface area contributed by atoms with Crippen molar-refractivity contribution in [2.75, 3.05) is 26.3 Å². The molecule has 0 atom stereocenters. The van der Waals surface area contributed by atoms with Crippen LogP contribution < -0.4 is 10.6 Å². The third kappa shape index (κ3) is 4.70. The molecule has 21 heavy (non-hydrogen) atoms. The van der Waals surface area contributed by atoms with Gasteiger partial charge < -0.3 is 19.9 Å². The van der Waals surface area contributed by atoms with Gasteiger partial charge in [-0.1, -0.05) is 0 Å². The molecule has 2 N–H and O–H groups in total. The molecule has 1 aliphatic heterocycles. The number of aliphatic imine (C=N–C) groups is 1. The fourth-order valence-corrected chi connectivity index (χ4v) is 2.34. The Balaban J connectivity index is 1.82. The zero-order chi connectivity index (χ0) is 14.9. The second kappa shape index (κ2) is 8.61. The van der Waals surface area contributed by atoms with Gasteiger partial charge in [0.15, 0.2) is 11.8 Å². The summed E-state index contributed by atoms with van der Waals surface area (Å²) in [5.74, 6) is 2.87. The highest BCUT2D eigenvalue weighted by molar-refractivity contribution is 5.79. The van der Waals surface area contributed by atoms with Crippen molar-refractivity contribution in [2.45, 2.75) is 46.2 Å². The molecule has 7 heteroatoms. The Hall–Kier alpha value is -1.63. The van der Waals surface area contributed by atoms with Crippen LogP contribution in [0.25, 0.3) is 0 Å². The quantitative estimate of drug-likeness (QED) is 0.419. The van der Waals surface area contributed by atoms with Crippen LogP contribution in [0.2, 0.25) is 0 Å². The monoisotopic (exact) mass is 294 g/mol. The van der Waals surface area contributed by atoms with Crippen LogP contribution in [0.15, 0.2) is 4.99 Å².